The summed E-state index contributed by atoms with van der Waals surface area (Å²) in [6.07, 6.45) is 0.633. The van der Waals surface area contributed by atoms with Crippen LogP contribution in [-0.4, -0.2) is 25.6 Å². The molecule has 0 fully saturated rings. The molecule has 12 heteroatoms. The molecule has 0 bridgehead atoms. The van der Waals surface area contributed by atoms with E-state index in [1.165, 1.54) is 0 Å². The normalized spacial score (nSPS) is 11.0. The molecule has 1 aromatic carbocycles. The molecule has 0 aliphatic rings. The Morgan fingerprint density at radius 1 is 1.19 bits per heavy atom. The minimum Gasteiger partial charge on any atom is -0.477 e. The van der Waals surface area contributed by atoms with Crippen molar-refractivity contribution in [1.29, 1.82) is 0 Å². The van der Waals surface area contributed by atoms with Gasteiger partial charge >= 0.3 is 11.7 Å². The molecular weight excluding hydrogens is 395 g/mol. The Balaban J connectivity index is 2.52. The van der Waals surface area contributed by atoms with Gasteiger partial charge in [-0.2, -0.15) is 4.39 Å². The van der Waals surface area contributed by atoms with Gasteiger partial charge in [0.25, 0.3) is 0 Å². The fourth-order valence-corrected chi connectivity index (χ4v) is 2.52. The van der Waals surface area contributed by atoms with Gasteiger partial charge in [-0.3, -0.25) is 19.5 Å². The second-order valence-corrected chi connectivity index (χ2v) is 5.55. The van der Waals surface area contributed by atoms with Crippen molar-refractivity contribution in [3.05, 3.63) is 72.9 Å². The van der Waals surface area contributed by atoms with Crippen LogP contribution in [0.1, 0.15) is 10.4 Å². The molecule has 8 nitrogen and oxygen atoms in total. The van der Waals surface area contributed by atoms with E-state index in [2.05, 4.69) is 4.98 Å². The number of carbonyl (C=O) groups is 1. The van der Waals surface area contributed by atoms with Crippen LogP contribution in [0.15, 0.2) is 29.2 Å². The lowest BCUT2D eigenvalue weighted by Crippen LogP contribution is -2.20. The highest BCUT2D eigenvalue weighted by Gasteiger charge is 2.23. The molecule has 27 heavy (non-hydrogen) atoms. The lowest BCUT2D eigenvalue weighted by molar-refractivity contribution is -0.387. The number of benzene rings is 1. The van der Waals surface area contributed by atoms with Gasteiger partial charge < -0.3 is 5.11 Å². The lowest BCUT2D eigenvalue weighted by atomic mass is 10.1. The summed E-state index contributed by atoms with van der Waals surface area (Å²) in [4.78, 5) is 36.9. The molecule has 0 aliphatic carbocycles. The van der Waals surface area contributed by atoms with Crippen molar-refractivity contribution >= 4 is 34.3 Å². The molecule has 0 saturated carbocycles. The Morgan fingerprint density at radius 2 is 1.85 bits per heavy atom. The van der Waals surface area contributed by atoms with Crippen LogP contribution < -0.4 is 5.43 Å². The predicted molar refractivity (Wildman–Crippen MR) is 85.8 cm³/mol. The number of aromatic nitrogens is 2. The summed E-state index contributed by atoms with van der Waals surface area (Å²) in [5, 5.41) is 18.8. The number of nitro benzene ring substituents is 1. The smallest absolute Gasteiger partial charge is 0.341 e. The van der Waals surface area contributed by atoms with E-state index in [4.69, 9.17) is 16.7 Å². The SMILES string of the molecule is O=C(O)c1cn(-c2cc([N+](=O)[O-])c(F)cc2F)c2nc(Cl)c(F)cc2c1=O. The number of carboxylic acids is 1. The van der Waals surface area contributed by atoms with Gasteiger partial charge in [0.05, 0.1) is 16.0 Å². The first-order valence-corrected chi connectivity index (χ1v) is 7.28. The third-order valence-electron chi connectivity index (χ3n) is 3.59. The highest BCUT2D eigenvalue weighted by atomic mass is 35.5. The number of hydrogen-bond acceptors (Lipinski definition) is 5. The number of nitro groups is 1. The topological polar surface area (TPSA) is 115 Å². The summed E-state index contributed by atoms with van der Waals surface area (Å²) in [5.74, 6) is -5.65. The third kappa shape index (κ3) is 2.97. The van der Waals surface area contributed by atoms with E-state index in [9.17, 15) is 32.9 Å². The van der Waals surface area contributed by atoms with Gasteiger partial charge in [-0.25, -0.2) is 18.6 Å². The van der Waals surface area contributed by atoms with Gasteiger partial charge in [0.2, 0.25) is 11.2 Å². The number of nitrogens with zero attached hydrogens (tertiary/aromatic N) is 3. The van der Waals surface area contributed by atoms with Gasteiger partial charge in [-0.15, -0.1) is 0 Å². The molecule has 0 atom stereocenters. The number of fused-ring (bicyclic) bond motifs is 1. The van der Waals surface area contributed by atoms with Gasteiger partial charge in [0.1, 0.15) is 5.56 Å². The van der Waals surface area contributed by atoms with Crippen LogP contribution in [0.3, 0.4) is 0 Å². The maximum absolute atomic E-state index is 14.3. The van der Waals surface area contributed by atoms with Crippen molar-refractivity contribution in [2.45, 2.75) is 0 Å². The van der Waals surface area contributed by atoms with Crippen molar-refractivity contribution < 1.29 is 28.0 Å². The summed E-state index contributed by atoms with van der Waals surface area (Å²) in [6.45, 7) is 0. The van der Waals surface area contributed by atoms with Crippen molar-refractivity contribution in [3.8, 4) is 5.69 Å². The van der Waals surface area contributed by atoms with E-state index in [0.717, 1.165) is 0 Å². The molecule has 0 radical (unpaired) electrons. The van der Waals surface area contributed by atoms with E-state index in [-0.39, 0.29) is 6.07 Å². The van der Waals surface area contributed by atoms with Crippen molar-refractivity contribution in [2.75, 3.05) is 0 Å². The molecule has 0 saturated heterocycles. The van der Waals surface area contributed by atoms with Crippen LogP contribution in [0.4, 0.5) is 18.9 Å². The molecule has 3 aromatic rings. The van der Waals surface area contributed by atoms with Gasteiger partial charge in [-0.1, -0.05) is 11.6 Å². The maximum Gasteiger partial charge on any atom is 0.341 e. The predicted octanol–water partition coefficient (Wildman–Crippen LogP) is 3.06. The fourth-order valence-electron chi connectivity index (χ4n) is 2.39. The highest BCUT2D eigenvalue weighted by Crippen LogP contribution is 2.27. The number of pyridine rings is 2. The third-order valence-corrected chi connectivity index (χ3v) is 3.86. The first-order chi connectivity index (χ1) is 12.6. The van der Waals surface area contributed by atoms with Crippen LogP contribution in [0.2, 0.25) is 5.15 Å². The van der Waals surface area contributed by atoms with Crippen LogP contribution in [0.25, 0.3) is 16.7 Å². The average Bonchev–Trinajstić information content (AvgIpc) is 2.57. The average molecular weight is 400 g/mol. The Kier molecular flexibility index (Phi) is 4.31. The van der Waals surface area contributed by atoms with Crippen molar-refractivity contribution in [1.82, 2.24) is 9.55 Å². The number of carboxylic acid groups (broad SMARTS) is 1. The zero-order valence-corrected chi connectivity index (χ0v) is 13.5. The van der Waals surface area contributed by atoms with E-state index < -0.39 is 66.9 Å². The Labute approximate surface area is 151 Å². The van der Waals surface area contributed by atoms with Gasteiger partial charge in [0, 0.05) is 18.3 Å². The summed E-state index contributed by atoms with van der Waals surface area (Å²) < 4.78 is 42.2. The molecule has 0 spiro atoms. The molecule has 2 aromatic heterocycles. The molecular formula is C15H5ClF3N3O5. The summed E-state index contributed by atoms with van der Waals surface area (Å²) in [7, 11) is 0. The van der Waals surface area contributed by atoms with Crippen LogP contribution in [-0.2, 0) is 0 Å². The maximum atomic E-state index is 14.3. The summed E-state index contributed by atoms with van der Waals surface area (Å²) in [6, 6.07) is 1.30. The summed E-state index contributed by atoms with van der Waals surface area (Å²) >= 11 is 5.57. The Bertz CT molecular complexity index is 1210. The standard InChI is InChI=1S/C15H5ClF3N3O5/c16-13-9(19)1-5-12(23)6(15(24)25)4-21(14(5)20-13)10-3-11(22(26)27)8(18)2-7(10)17/h1-4H,(H,24,25). The quantitative estimate of drug-likeness (QED) is 0.411. The first-order valence-electron chi connectivity index (χ1n) is 6.90. The van der Waals surface area contributed by atoms with Crippen LogP contribution in [0, 0.1) is 27.6 Å². The lowest BCUT2D eigenvalue weighted by Gasteiger charge is -2.13. The van der Waals surface area contributed by atoms with Crippen molar-refractivity contribution in [3.63, 3.8) is 0 Å². The second-order valence-electron chi connectivity index (χ2n) is 5.19. The first kappa shape index (κ1) is 18.3. The van der Waals surface area contributed by atoms with E-state index >= 15 is 0 Å². The minimum atomic E-state index is -1.72. The molecule has 2 heterocycles. The molecule has 0 aliphatic heterocycles. The summed E-state index contributed by atoms with van der Waals surface area (Å²) in [5.41, 5.74) is -4.29. The molecule has 138 valence electrons. The fraction of sp³-hybridized carbons (Fsp3) is 0. The van der Waals surface area contributed by atoms with Gasteiger partial charge in [0.15, 0.2) is 22.4 Å². The zero-order valence-electron chi connectivity index (χ0n) is 12.7. The Morgan fingerprint density at radius 3 is 2.44 bits per heavy atom. The second kappa shape index (κ2) is 6.36. The molecule has 3 rings (SSSR count). The minimum absolute atomic E-state index is 0.211. The molecule has 1 N–H and O–H groups in total. The van der Waals surface area contributed by atoms with Crippen molar-refractivity contribution in [2.24, 2.45) is 0 Å². The number of aromatic carboxylic acids is 1. The van der Waals surface area contributed by atoms with Crippen LogP contribution >= 0.6 is 11.6 Å². The number of hydrogen-bond donors (Lipinski definition) is 1. The van der Waals surface area contributed by atoms with E-state index in [1.54, 1.807) is 0 Å². The van der Waals surface area contributed by atoms with Crippen LogP contribution in [0.5, 0.6) is 0 Å². The largest absolute Gasteiger partial charge is 0.477 e. The highest BCUT2D eigenvalue weighted by molar-refractivity contribution is 6.29. The number of halogens is 4. The van der Waals surface area contributed by atoms with E-state index in [0.29, 0.717) is 22.9 Å². The molecule has 0 amide bonds. The molecule has 0 unspecified atom stereocenters. The van der Waals surface area contributed by atoms with Gasteiger partial charge in [-0.05, 0) is 6.07 Å². The zero-order chi connectivity index (χ0) is 20.0. The monoisotopic (exact) mass is 399 g/mol. The Hall–Kier alpha value is -3.47. The number of rotatable bonds is 3. The van der Waals surface area contributed by atoms with E-state index in [1.807, 2.05) is 0 Å².